The Hall–Kier alpha value is -2.97. The molecule has 0 N–H and O–H groups in total. The third-order valence-corrected chi connectivity index (χ3v) is 4.45. The molecule has 0 aromatic carbocycles. The Labute approximate surface area is 169 Å². The number of pyridine rings is 1. The molecule has 2 aromatic rings. The number of likely N-dealkylation sites (tertiary alicyclic amines) is 1. The standard InChI is InChI=1S/C20H26FN5O3/c1-20(2,3)29-19(27)26-9-7-15(8-10-26)28-18-11-17(23-13-24-18)25(4)14-5-6-16(21)22-12-14/h5-6,11-13,15H,7-10H2,1-4H3. The summed E-state index contributed by atoms with van der Waals surface area (Å²) >= 11 is 0. The number of aromatic nitrogens is 3. The average molecular weight is 403 g/mol. The summed E-state index contributed by atoms with van der Waals surface area (Å²) < 4.78 is 24.4. The van der Waals surface area contributed by atoms with E-state index in [1.54, 1.807) is 29.0 Å². The van der Waals surface area contributed by atoms with Gasteiger partial charge in [0.2, 0.25) is 11.8 Å². The van der Waals surface area contributed by atoms with Gasteiger partial charge in [-0.15, -0.1) is 0 Å². The molecular weight excluding hydrogens is 377 g/mol. The highest BCUT2D eigenvalue weighted by atomic mass is 19.1. The van der Waals surface area contributed by atoms with E-state index < -0.39 is 11.5 Å². The Bertz CT molecular complexity index is 833. The molecule has 2 aromatic heterocycles. The van der Waals surface area contributed by atoms with Crippen LogP contribution in [0, 0.1) is 5.95 Å². The van der Waals surface area contributed by atoms with Crippen molar-refractivity contribution in [2.75, 3.05) is 25.0 Å². The fourth-order valence-corrected chi connectivity index (χ4v) is 2.93. The monoisotopic (exact) mass is 403 g/mol. The van der Waals surface area contributed by atoms with E-state index in [4.69, 9.17) is 9.47 Å². The zero-order valence-corrected chi connectivity index (χ0v) is 17.1. The molecule has 8 nitrogen and oxygen atoms in total. The van der Waals surface area contributed by atoms with Crippen LogP contribution in [0.5, 0.6) is 5.88 Å². The highest BCUT2D eigenvalue weighted by Gasteiger charge is 2.28. The van der Waals surface area contributed by atoms with Gasteiger partial charge in [0.05, 0.1) is 11.9 Å². The van der Waals surface area contributed by atoms with Crippen LogP contribution < -0.4 is 9.64 Å². The maximum atomic E-state index is 13.0. The largest absolute Gasteiger partial charge is 0.474 e. The minimum absolute atomic E-state index is 0.0470. The Kier molecular flexibility index (Phi) is 6.14. The van der Waals surface area contributed by atoms with Gasteiger partial charge in [-0.2, -0.15) is 4.39 Å². The molecule has 1 saturated heterocycles. The average Bonchev–Trinajstić information content (AvgIpc) is 2.67. The number of nitrogens with zero attached hydrogens (tertiary/aromatic N) is 5. The topological polar surface area (TPSA) is 80.7 Å². The van der Waals surface area contributed by atoms with Crippen LogP contribution in [-0.2, 0) is 4.74 Å². The molecule has 29 heavy (non-hydrogen) atoms. The number of rotatable bonds is 4. The molecule has 9 heteroatoms. The van der Waals surface area contributed by atoms with Crippen LogP contribution in [0.1, 0.15) is 33.6 Å². The summed E-state index contributed by atoms with van der Waals surface area (Å²) in [6.07, 6.45) is 3.90. The molecule has 1 aliphatic rings. The predicted octanol–water partition coefficient (Wildman–Crippen LogP) is 3.56. The van der Waals surface area contributed by atoms with E-state index >= 15 is 0 Å². The third kappa shape index (κ3) is 5.75. The van der Waals surface area contributed by atoms with Crippen molar-refractivity contribution in [2.45, 2.75) is 45.3 Å². The lowest BCUT2D eigenvalue weighted by atomic mass is 10.1. The van der Waals surface area contributed by atoms with Crippen molar-refractivity contribution in [3.05, 3.63) is 36.7 Å². The summed E-state index contributed by atoms with van der Waals surface area (Å²) in [6.45, 7) is 6.70. The fraction of sp³-hybridized carbons (Fsp3) is 0.500. The van der Waals surface area contributed by atoms with Crippen molar-refractivity contribution in [2.24, 2.45) is 0 Å². The molecule has 0 saturated carbocycles. The van der Waals surface area contributed by atoms with Crippen molar-refractivity contribution in [3.63, 3.8) is 0 Å². The summed E-state index contributed by atoms with van der Waals surface area (Å²) in [4.78, 5) is 27.7. The summed E-state index contributed by atoms with van der Waals surface area (Å²) in [5.74, 6) is 0.522. The molecule has 156 valence electrons. The van der Waals surface area contributed by atoms with Gasteiger partial charge in [-0.3, -0.25) is 0 Å². The molecular formula is C20H26FN5O3. The first kappa shape index (κ1) is 20.8. The van der Waals surface area contributed by atoms with Crippen molar-refractivity contribution >= 4 is 17.6 Å². The number of amides is 1. The van der Waals surface area contributed by atoms with Crippen molar-refractivity contribution in [1.29, 1.82) is 0 Å². The maximum absolute atomic E-state index is 13.0. The van der Waals surface area contributed by atoms with Crippen molar-refractivity contribution in [3.8, 4) is 5.88 Å². The second kappa shape index (κ2) is 8.59. The lowest BCUT2D eigenvalue weighted by Gasteiger charge is -2.33. The predicted molar refractivity (Wildman–Crippen MR) is 106 cm³/mol. The number of piperidine rings is 1. The summed E-state index contributed by atoms with van der Waals surface area (Å²) in [7, 11) is 1.81. The SMILES string of the molecule is CN(c1ccc(F)nc1)c1cc(OC2CCN(C(=O)OC(C)(C)C)CC2)ncn1. The molecule has 0 aliphatic carbocycles. The summed E-state index contributed by atoms with van der Waals surface area (Å²) in [5.41, 5.74) is 0.190. The molecule has 0 atom stereocenters. The van der Waals surface area contributed by atoms with E-state index in [0.29, 0.717) is 43.3 Å². The van der Waals surface area contributed by atoms with Gasteiger partial charge >= 0.3 is 6.09 Å². The smallest absolute Gasteiger partial charge is 0.410 e. The molecule has 3 heterocycles. The summed E-state index contributed by atoms with van der Waals surface area (Å²) in [5, 5.41) is 0. The Morgan fingerprint density at radius 1 is 1.21 bits per heavy atom. The molecule has 1 aliphatic heterocycles. The van der Waals surface area contributed by atoms with E-state index in [1.165, 1.54) is 18.6 Å². The second-order valence-corrected chi connectivity index (χ2v) is 7.90. The molecule has 0 bridgehead atoms. The number of ether oxygens (including phenoxy) is 2. The molecule has 1 fully saturated rings. The molecule has 0 radical (unpaired) electrons. The van der Waals surface area contributed by atoms with Crippen LogP contribution in [0.3, 0.4) is 0 Å². The van der Waals surface area contributed by atoms with E-state index in [9.17, 15) is 9.18 Å². The van der Waals surface area contributed by atoms with Crippen LogP contribution in [-0.4, -0.2) is 57.8 Å². The van der Waals surface area contributed by atoms with Gasteiger partial charge in [0, 0.05) is 39.0 Å². The quantitative estimate of drug-likeness (QED) is 0.722. The van der Waals surface area contributed by atoms with Crippen molar-refractivity contribution in [1.82, 2.24) is 19.9 Å². The lowest BCUT2D eigenvalue weighted by Crippen LogP contribution is -2.44. The van der Waals surface area contributed by atoms with Crippen LogP contribution in [0.25, 0.3) is 0 Å². The second-order valence-electron chi connectivity index (χ2n) is 7.90. The third-order valence-electron chi connectivity index (χ3n) is 4.45. The number of halogens is 1. The molecule has 0 spiro atoms. The number of hydrogen-bond acceptors (Lipinski definition) is 7. The number of carbonyl (C=O) groups is 1. The first-order valence-electron chi connectivity index (χ1n) is 9.53. The number of anilines is 2. The molecule has 3 rings (SSSR count). The van der Waals surface area contributed by atoms with Gasteiger partial charge in [-0.1, -0.05) is 0 Å². The minimum atomic E-state index is -0.536. The van der Waals surface area contributed by atoms with Crippen LogP contribution in [0.2, 0.25) is 0 Å². The highest BCUT2D eigenvalue weighted by Crippen LogP contribution is 2.25. The zero-order valence-electron chi connectivity index (χ0n) is 17.1. The Morgan fingerprint density at radius 3 is 2.55 bits per heavy atom. The lowest BCUT2D eigenvalue weighted by molar-refractivity contribution is 0.0123. The van der Waals surface area contributed by atoms with Gasteiger partial charge in [-0.05, 0) is 32.9 Å². The van der Waals surface area contributed by atoms with Gasteiger partial charge in [0.1, 0.15) is 23.9 Å². The number of carbonyl (C=O) groups excluding carboxylic acids is 1. The van der Waals surface area contributed by atoms with Gasteiger partial charge in [0.15, 0.2) is 0 Å². The number of hydrogen-bond donors (Lipinski definition) is 0. The van der Waals surface area contributed by atoms with Gasteiger partial charge < -0.3 is 19.3 Å². The van der Waals surface area contributed by atoms with E-state index in [2.05, 4.69) is 15.0 Å². The van der Waals surface area contributed by atoms with Crippen LogP contribution in [0.15, 0.2) is 30.7 Å². The molecule has 1 amide bonds. The van der Waals surface area contributed by atoms with Gasteiger partial charge in [0.25, 0.3) is 0 Å². The zero-order chi connectivity index (χ0) is 21.0. The maximum Gasteiger partial charge on any atom is 0.410 e. The molecule has 0 unspecified atom stereocenters. The van der Waals surface area contributed by atoms with Crippen LogP contribution in [0.4, 0.5) is 20.7 Å². The summed E-state index contributed by atoms with van der Waals surface area (Å²) in [6, 6.07) is 4.64. The van der Waals surface area contributed by atoms with Crippen molar-refractivity contribution < 1.29 is 18.7 Å². The van der Waals surface area contributed by atoms with E-state index in [0.717, 1.165) is 0 Å². The first-order chi connectivity index (χ1) is 13.7. The normalized spacial score (nSPS) is 15.1. The Morgan fingerprint density at radius 2 is 1.93 bits per heavy atom. The van der Waals surface area contributed by atoms with Gasteiger partial charge in [-0.25, -0.2) is 19.7 Å². The van der Waals surface area contributed by atoms with Crippen LogP contribution >= 0.6 is 0 Å². The van der Waals surface area contributed by atoms with E-state index in [1.807, 2.05) is 20.8 Å². The fourth-order valence-electron chi connectivity index (χ4n) is 2.93. The minimum Gasteiger partial charge on any atom is -0.474 e. The highest BCUT2D eigenvalue weighted by molar-refractivity contribution is 5.68. The first-order valence-corrected chi connectivity index (χ1v) is 9.53. The Balaban J connectivity index is 1.57. The van der Waals surface area contributed by atoms with E-state index in [-0.39, 0.29) is 12.2 Å².